The molecule has 0 radical (unpaired) electrons. The van der Waals surface area contributed by atoms with Crippen molar-refractivity contribution in [2.45, 2.75) is 56.3 Å². The molecular formula is C27H36N4O5S. The van der Waals surface area contributed by atoms with Crippen molar-refractivity contribution in [3.8, 4) is 5.75 Å². The van der Waals surface area contributed by atoms with E-state index in [0.29, 0.717) is 35.8 Å². The second kappa shape index (κ2) is 12.5. The van der Waals surface area contributed by atoms with Gasteiger partial charge in [-0.3, -0.25) is 14.4 Å². The summed E-state index contributed by atoms with van der Waals surface area (Å²) in [6, 6.07) is 9.77. The summed E-state index contributed by atoms with van der Waals surface area (Å²) in [5.74, 6) is 0.132. The van der Waals surface area contributed by atoms with Crippen LogP contribution in [0, 0.1) is 0 Å². The molecule has 37 heavy (non-hydrogen) atoms. The van der Waals surface area contributed by atoms with Crippen molar-refractivity contribution in [2.75, 3.05) is 33.9 Å². The number of nitrogens with one attached hydrogen (secondary N) is 1. The predicted octanol–water partition coefficient (Wildman–Crippen LogP) is 2.51. The van der Waals surface area contributed by atoms with Gasteiger partial charge in [0.05, 0.1) is 24.6 Å². The fourth-order valence-corrected chi connectivity index (χ4v) is 5.83. The largest absolute Gasteiger partial charge is 0.497 e. The molecule has 2 unspecified atom stereocenters. The second-order valence-corrected chi connectivity index (χ2v) is 10.6. The number of hydrogen-bond donors (Lipinski definition) is 2. The van der Waals surface area contributed by atoms with E-state index < -0.39 is 6.04 Å². The van der Waals surface area contributed by atoms with Gasteiger partial charge in [0.25, 0.3) is 11.8 Å². The van der Waals surface area contributed by atoms with E-state index in [0.717, 1.165) is 25.7 Å². The summed E-state index contributed by atoms with van der Waals surface area (Å²) in [4.78, 5) is 44.5. The maximum Gasteiger partial charge on any atom is 0.264 e. The highest BCUT2D eigenvalue weighted by Gasteiger charge is 2.44. The molecule has 4 rings (SSSR count). The zero-order chi connectivity index (χ0) is 26.4. The number of ether oxygens (including phenoxy) is 2. The van der Waals surface area contributed by atoms with Gasteiger partial charge < -0.3 is 30.3 Å². The van der Waals surface area contributed by atoms with Crippen molar-refractivity contribution < 1.29 is 23.9 Å². The SMILES string of the molecule is COCCN(C(=O)c1ccc(OC)cc1)C1CC(C(=O)NC2CCC(N)CC2)N(C(=O)c2cccs2)C1. The number of carbonyl (C=O) groups is 3. The smallest absolute Gasteiger partial charge is 0.264 e. The average molecular weight is 529 g/mol. The number of likely N-dealkylation sites (tertiary alicyclic amines) is 1. The van der Waals surface area contributed by atoms with Crippen LogP contribution >= 0.6 is 11.3 Å². The second-order valence-electron chi connectivity index (χ2n) is 9.68. The zero-order valence-corrected chi connectivity index (χ0v) is 22.2. The normalized spacial score (nSPS) is 23.5. The molecule has 0 bridgehead atoms. The monoisotopic (exact) mass is 528 g/mol. The van der Waals surface area contributed by atoms with Gasteiger partial charge in [0, 0.05) is 37.8 Å². The number of hydrogen-bond acceptors (Lipinski definition) is 7. The molecule has 0 spiro atoms. The number of benzene rings is 1. The molecule has 1 aromatic heterocycles. The van der Waals surface area contributed by atoms with Crippen LogP contribution in [0.1, 0.15) is 52.1 Å². The highest BCUT2D eigenvalue weighted by molar-refractivity contribution is 7.12. The minimum atomic E-state index is -0.663. The predicted molar refractivity (Wildman–Crippen MR) is 142 cm³/mol. The van der Waals surface area contributed by atoms with Crippen LogP contribution in [0.2, 0.25) is 0 Å². The van der Waals surface area contributed by atoms with Gasteiger partial charge >= 0.3 is 0 Å². The minimum absolute atomic E-state index is 0.0514. The summed E-state index contributed by atoms with van der Waals surface area (Å²) in [5, 5.41) is 5.01. The highest BCUT2D eigenvalue weighted by Crippen LogP contribution is 2.28. The molecular weight excluding hydrogens is 492 g/mol. The van der Waals surface area contributed by atoms with Gasteiger partial charge in [-0.05, 0) is 67.8 Å². The minimum Gasteiger partial charge on any atom is -0.497 e. The molecule has 9 nitrogen and oxygen atoms in total. The first-order valence-electron chi connectivity index (χ1n) is 12.8. The Bertz CT molecular complexity index is 1050. The van der Waals surface area contributed by atoms with Gasteiger partial charge in [-0.15, -0.1) is 11.3 Å². The van der Waals surface area contributed by atoms with Gasteiger partial charge in [-0.2, -0.15) is 0 Å². The number of nitrogens with zero attached hydrogens (tertiary/aromatic N) is 2. The number of amides is 3. The first-order chi connectivity index (χ1) is 17.9. The van der Waals surface area contributed by atoms with Crippen LogP contribution < -0.4 is 15.8 Å². The number of methoxy groups -OCH3 is 2. The van der Waals surface area contributed by atoms with Crippen LogP contribution in [0.15, 0.2) is 41.8 Å². The lowest BCUT2D eigenvalue weighted by Gasteiger charge is -2.29. The molecule has 2 atom stereocenters. The Morgan fingerprint density at radius 3 is 2.46 bits per heavy atom. The van der Waals surface area contributed by atoms with E-state index in [4.69, 9.17) is 15.2 Å². The maximum atomic E-state index is 13.6. The Morgan fingerprint density at radius 2 is 1.84 bits per heavy atom. The summed E-state index contributed by atoms with van der Waals surface area (Å²) in [7, 11) is 3.16. The lowest BCUT2D eigenvalue weighted by Crippen LogP contribution is -2.50. The van der Waals surface area contributed by atoms with Crippen LogP contribution in [0.4, 0.5) is 0 Å². The van der Waals surface area contributed by atoms with E-state index in [-0.39, 0.29) is 42.4 Å². The fraction of sp³-hybridized carbons (Fsp3) is 0.519. The molecule has 2 aliphatic rings. The molecule has 1 saturated heterocycles. The highest BCUT2D eigenvalue weighted by atomic mass is 32.1. The number of nitrogens with two attached hydrogens (primary N) is 1. The third-order valence-electron chi connectivity index (χ3n) is 7.27. The van der Waals surface area contributed by atoms with E-state index in [1.54, 1.807) is 54.4 Å². The summed E-state index contributed by atoms with van der Waals surface area (Å²) < 4.78 is 10.5. The standard InChI is InChI=1S/C27H36N4O5S/c1-35-14-13-30(26(33)18-5-11-22(36-2)12-6-18)21-16-23(25(32)29-20-9-7-19(28)8-10-20)31(17-21)27(34)24-4-3-15-37-24/h3-6,11-12,15,19-21,23H,7-10,13-14,16-17,28H2,1-2H3,(H,29,32). The van der Waals surface area contributed by atoms with Crippen molar-refractivity contribution in [1.82, 2.24) is 15.1 Å². The summed E-state index contributed by atoms with van der Waals surface area (Å²) >= 11 is 1.35. The van der Waals surface area contributed by atoms with Crippen molar-refractivity contribution >= 4 is 29.1 Å². The van der Waals surface area contributed by atoms with E-state index in [2.05, 4.69) is 5.32 Å². The molecule has 200 valence electrons. The van der Waals surface area contributed by atoms with Gasteiger partial charge in [-0.25, -0.2) is 0 Å². The van der Waals surface area contributed by atoms with Crippen LogP contribution in [0.3, 0.4) is 0 Å². The van der Waals surface area contributed by atoms with E-state index in [1.165, 1.54) is 11.3 Å². The van der Waals surface area contributed by atoms with E-state index >= 15 is 0 Å². The molecule has 2 fully saturated rings. The van der Waals surface area contributed by atoms with Crippen LogP contribution in [0.25, 0.3) is 0 Å². The van der Waals surface area contributed by atoms with Crippen molar-refractivity contribution in [1.29, 1.82) is 0 Å². The Kier molecular flexibility index (Phi) is 9.18. The summed E-state index contributed by atoms with van der Waals surface area (Å²) in [6.45, 7) is 0.967. The average Bonchev–Trinajstić information content (AvgIpc) is 3.61. The first-order valence-corrected chi connectivity index (χ1v) is 13.6. The molecule has 1 aliphatic heterocycles. The quantitative estimate of drug-likeness (QED) is 0.517. The molecule has 3 N–H and O–H groups in total. The van der Waals surface area contributed by atoms with E-state index in [1.807, 2.05) is 11.4 Å². The Morgan fingerprint density at radius 1 is 1.11 bits per heavy atom. The van der Waals surface area contributed by atoms with Crippen LogP contribution in [-0.2, 0) is 9.53 Å². The Balaban J connectivity index is 1.56. The Hall–Kier alpha value is -2.95. The molecule has 3 amide bonds. The lowest BCUT2D eigenvalue weighted by molar-refractivity contribution is -0.125. The molecule has 1 saturated carbocycles. The maximum absolute atomic E-state index is 13.6. The van der Waals surface area contributed by atoms with Gasteiger partial charge in [0.15, 0.2) is 0 Å². The Labute approximate surface area is 221 Å². The van der Waals surface area contributed by atoms with Crippen LogP contribution in [0.5, 0.6) is 5.75 Å². The molecule has 10 heteroatoms. The zero-order valence-electron chi connectivity index (χ0n) is 21.4. The molecule has 2 aromatic rings. The molecule has 1 aliphatic carbocycles. The lowest BCUT2D eigenvalue weighted by atomic mass is 9.91. The van der Waals surface area contributed by atoms with Crippen molar-refractivity contribution in [3.63, 3.8) is 0 Å². The van der Waals surface area contributed by atoms with Gasteiger partial charge in [0.2, 0.25) is 5.91 Å². The number of carbonyl (C=O) groups excluding carboxylic acids is 3. The number of thiophene rings is 1. The molecule has 2 heterocycles. The summed E-state index contributed by atoms with van der Waals surface area (Å²) in [5.41, 5.74) is 6.54. The number of rotatable bonds is 9. The van der Waals surface area contributed by atoms with Gasteiger partial charge in [0.1, 0.15) is 11.8 Å². The van der Waals surface area contributed by atoms with Crippen molar-refractivity contribution in [3.05, 3.63) is 52.2 Å². The fourth-order valence-electron chi connectivity index (χ4n) is 5.15. The topological polar surface area (TPSA) is 114 Å². The third kappa shape index (κ3) is 6.49. The van der Waals surface area contributed by atoms with Gasteiger partial charge in [-0.1, -0.05) is 6.07 Å². The third-order valence-corrected chi connectivity index (χ3v) is 8.13. The van der Waals surface area contributed by atoms with E-state index in [9.17, 15) is 14.4 Å². The first kappa shape index (κ1) is 27.1. The summed E-state index contributed by atoms with van der Waals surface area (Å²) in [6.07, 6.45) is 3.77. The molecule has 1 aromatic carbocycles. The van der Waals surface area contributed by atoms with Crippen molar-refractivity contribution in [2.24, 2.45) is 5.73 Å². The van der Waals surface area contributed by atoms with Crippen LogP contribution in [-0.4, -0.2) is 85.6 Å².